The smallest absolute Gasteiger partial charge is 0.306 e. The molecule has 138 valence electrons. The number of nitrogens with two attached hydrogens (primary N) is 1. The lowest BCUT2D eigenvalue weighted by Crippen LogP contribution is -2.30. The van der Waals surface area contributed by atoms with E-state index >= 15 is 0 Å². The van der Waals surface area contributed by atoms with Gasteiger partial charge in [-0.05, 0) is 36.4 Å². The summed E-state index contributed by atoms with van der Waals surface area (Å²) in [6.07, 6.45) is -0.444. The Bertz CT molecular complexity index is 802. The van der Waals surface area contributed by atoms with Crippen molar-refractivity contribution < 1.29 is 23.9 Å². The van der Waals surface area contributed by atoms with Gasteiger partial charge in [0.25, 0.3) is 11.8 Å². The van der Waals surface area contributed by atoms with Crippen LogP contribution < -0.4 is 15.8 Å². The molecule has 0 aliphatic carbocycles. The number of ether oxygens (including phenoxy) is 2. The van der Waals surface area contributed by atoms with Crippen molar-refractivity contribution in [2.24, 2.45) is 5.73 Å². The molecule has 1 aromatic heterocycles. The first-order chi connectivity index (χ1) is 12.4. The van der Waals surface area contributed by atoms with Crippen molar-refractivity contribution in [3.05, 3.63) is 46.8 Å². The summed E-state index contributed by atoms with van der Waals surface area (Å²) in [6, 6.07) is 8.90. The lowest BCUT2D eigenvalue weighted by atomic mass is 10.1. The minimum atomic E-state index is -0.997. The zero-order chi connectivity index (χ0) is 19.1. The molecule has 0 bridgehead atoms. The molecule has 2 rings (SSSR count). The fraction of sp³-hybridized carbons (Fsp3) is 0.278. The predicted octanol–water partition coefficient (Wildman–Crippen LogP) is 2.36. The monoisotopic (exact) mass is 376 g/mol. The SMILES string of the molecule is COc1ccccc1CCC(=O)O[C@@H](C)C(=O)Nc1sccc1C(N)=O. The van der Waals surface area contributed by atoms with Gasteiger partial charge in [-0.2, -0.15) is 0 Å². The Morgan fingerprint density at radius 1 is 1.23 bits per heavy atom. The number of amides is 2. The molecule has 1 heterocycles. The number of thiophene rings is 1. The van der Waals surface area contributed by atoms with E-state index in [9.17, 15) is 14.4 Å². The van der Waals surface area contributed by atoms with Crippen LogP contribution in [0.1, 0.15) is 29.3 Å². The maximum atomic E-state index is 12.1. The molecule has 0 aliphatic heterocycles. The van der Waals surface area contributed by atoms with E-state index in [-0.39, 0.29) is 12.0 Å². The standard InChI is InChI=1S/C18H20N2O5S/c1-11(17(23)20-18-13(16(19)22)9-10-26-18)25-15(21)8-7-12-5-3-4-6-14(12)24-2/h3-6,9-11H,7-8H2,1-2H3,(H2,19,22)(H,20,23)/t11-/m0/s1. The zero-order valence-corrected chi connectivity index (χ0v) is 15.3. The van der Waals surface area contributed by atoms with Gasteiger partial charge in [0.15, 0.2) is 6.10 Å². The number of esters is 1. The molecule has 0 saturated carbocycles. The Morgan fingerprint density at radius 2 is 1.96 bits per heavy atom. The Hall–Kier alpha value is -2.87. The third kappa shape index (κ3) is 5.06. The van der Waals surface area contributed by atoms with Gasteiger partial charge in [0, 0.05) is 6.42 Å². The minimum Gasteiger partial charge on any atom is -0.496 e. The highest BCUT2D eigenvalue weighted by Gasteiger charge is 2.20. The molecule has 3 N–H and O–H groups in total. The van der Waals surface area contributed by atoms with Crippen LogP contribution in [0.4, 0.5) is 5.00 Å². The highest BCUT2D eigenvalue weighted by molar-refractivity contribution is 7.14. The van der Waals surface area contributed by atoms with Crippen LogP contribution >= 0.6 is 11.3 Å². The fourth-order valence-corrected chi connectivity index (χ4v) is 3.06. The van der Waals surface area contributed by atoms with Crippen molar-refractivity contribution in [2.75, 3.05) is 12.4 Å². The summed E-state index contributed by atoms with van der Waals surface area (Å²) in [5.41, 5.74) is 6.33. The van der Waals surface area contributed by atoms with Crippen molar-refractivity contribution in [2.45, 2.75) is 25.9 Å². The number of primary amides is 1. The van der Waals surface area contributed by atoms with Gasteiger partial charge in [-0.15, -0.1) is 11.3 Å². The van der Waals surface area contributed by atoms with E-state index in [2.05, 4.69) is 5.32 Å². The van der Waals surface area contributed by atoms with Crippen LogP contribution in [0.2, 0.25) is 0 Å². The minimum absolute atomic E-state index is 0.115. The van der Waals surface area contributed by atoms with Gasteiger partial charge in [-0.25, -0.2) is 0 Å². The molecule has 0 aliphatic rings. The molecule has 8 heteroatoms. The topological polar surface area (TPSA) is 108 Å². The fourth-order valence-electron chi connectivity index (χ4n) is 2.27. The lowest BCUT2D eigenvalue weighted by molar-refractivity contribution is -0.153. The summed E-state index contributed by atoms with van der Waals surface area (Å²) in [4.78, 5) is 35.4. The van der Waals surface area contributed by atoms with Crippen molar-refractivity contribution >= 4 is 34.1 Å². The van der Waals surface area contributed by atoms with Crippen LogP contribution in [0.5, 0.6) is 5.75 Å². The molecule has 1 aromatic carbocycles. The Balaban J connectivity index is 1.87. The van der Waals surface area contributed by atoms with E-state index in [1.165, 1.54) is 24.3 Å². The predicted molar refractivity (Wildman–Crippen MR) is 98.3 cm³/mol. The number of benzene rings is 1. The van der Waals surface area contributed by atoms with E-state index in [4.69, 9.17) is 15.2 Å². The Labute approximate surface area is 155 Å². The van der Waals surface area contributed by atoms with E-state index < -0.39 is 23.9 Å². The maximum Gasteiger partial charge on any atom is 0.306 e. The van der Waals surface area contributed by atoms with Crippen LogP contribution in [0.25, 0.3) is 0 Å². The van der Waals surface area contributed by atoms with Crippen LogP contribution in [-0.4, -0.2) is 31.0 Å². The van der Waals surface area contributed by atoms with Crippen molar-refractivity contribution in [1.82, 2.24) is 0 Å². The third-order valence-electron chi connectivity index (χ3n) is 3.64. The summed E-state index contributed by atoms with van der Waals surface area (Å²) in [5.74, 6) is -0.966. The second-order valence-electron chi connectivity index (χ2n) is 5.46. The number of para-hydroxylation sites is 1. The summed E-state index contributed by atoms with van der Waals surface area (Å²) < 4.78 is 10.4. The summed E-state index contributed by atoms with van der Waals surface area (Å²) in [6.45, 7) is 1.47. The third-order valence-corrected chi connectivity index (χ3v) is 4.47. The molecule has 2 aromatic rings. The van der Waals surface area contributed by atoms with Crippen LogP contribution in [0.15, 0.2) is 35.7 Å². The number of carbonyl (C=O) groups excluding carboxylic acids is 3. The van der Waals surface area contributed by atoms with E-state index in [0.717, 1.165) is 5.56 Å². The van der Waals surface area contributed by atoms with Gasteiger partial charge >= 0.3 is 5.97 Å². The number of nitrogens with one attached hydrogen (secondary N) is 1. The number of hydrogen-bond donors (Lipinski definition) is 2. The molecule has 7 nitrogen and oxygen atoms in total. The molecule has 1 atom stereocenters. The number of aryl methyl sites for hydroxylation is 1. The van der Waals surface area contributed by atoms with Gasteiger partial charge in [0.05, 0.1) is 12.7 Å². The number of rotatable bonds is 8. The molecule has 0 radical (unpaired) electrons. The molecule has 0 spiro atoms. The molecule has 0 fully saturated rings. The number of anilines is 1. The average molecular weight is 376 g/mol. The van der Waals surface area contributed by atoms with E-state index in [1.54, 1.807) is 12.5 Å². The van der Waals surface area contributed by atoms with Gasteiger partial charge in [0.2, 0.25) is 0 Å². The molecular weight excluding hydrogens is 356 g/mol. The number of methoxy groups -OCH3 is 1. The molecule has 26 heavy (non-hydrogen) atoms. The second-order valence-corrected chi connectivity index (χ2v) is 6.38. The Kier molecular flexibility index (Phi) is 6.74. The van der Waals surface area contributed by atoms with Crippen LogP contribution in [-0.2, 0) is 20.7 Å². The summed E-state index contributed by atoms with van der Waals surface area (Å²) >= 11 is 1.17. The van der Waals surface area contributed by atoms with E-state index in [0.29, 0.717) is 17.2 Å². The molecule has 0 saturated heterocycles. The van der Waals surface area contributed by atoms with Crippen molar-refractivity contribution in [3.8, 4) is 5.75 Å². The molecule has 0 unspecified atom stereocenters. The second kappa shape index (κ2) is 9.00. The Morgan fingerprint density at radius 3 is 2.65 bits per heavy atom. The quantitative estimate of drug-likeness (QED) is 0.688. The summed E-state index contributed by atoms with van der Waals surface area (Å²) in [7, 11) is 1.56. The highest BCUT2D eigenvalue weighted by atomic mass is 32.1. The van der Waals surface area contributed by atoms with Crippen LogP contribution in [0.3, 0.4) is 0 Å². The maximum absolute atomic E-state index is 12.1. The first-order valence-electron chi connectivity index (χ1n) is 7.92. The lowest BCUT2D eigenvalue weighted by Gasteiger charge is -2.14. The first-order valence-corrected chi connectivity index (χ1v) is 8.80. The molecular formula is C18H20N2O5S. The van der Waals surface area contributed by atoms with Gasteiger partial charge in [-0.1, -0.05) is 18.2 Å². The average Bonchev–Trinajstić information content (AvgIpc) is 3.08. The highest BCUT2D eigenvalue weighted by Crippen LogP contribution is 2.23. The van der Waals surface area contributed by atoms with Gasteiger partial charge in [0.1, 0.15) is 10.8 Å². The largest absolute Gasteiger partial charge is 0.496 e. The number of carbonyl (C=O) groups is 3. The first kappa shape index (κ1) is 19.5. The number of hydrogen-bond acceptors (Lipinski definition) is 6. The van der Waals surface area contributed by atoms with E-state index in [1.807, 2.05) is 24.3 Å². The van der Waals surface area contributed by atoms with Gasteiger partial charge < -0.3 is 20.5 Å². The van der Waals surface area contributed by atoms with Gasteiger partial charge in [-0.3, -0.25) is 14.4 Å². The normalized spacial score (nSPS) is 11.5. The van der Waals surface area contributed by atoms with Crippen molar-refractivity contribution in [3.63, 3.8) is 0 Å². The van der Waals surface area contributed by atoms with Crippen molar-refractivity contribution in [1.29, 1.82) is 0 Å². The summed E-state index contributed by atoms with van der Waals surface area (Å²) in [5, 5.41) is 4.52. The zero-order valence-electron chi connectivity index (χ0n) is 14.5. The molecule has 2 amide bonds. The van der Waals surface area contributed by atoms with Crippen LogP contribution in [0, 0.1) is 0 Å².